The van der Waals surface area contributed by atoms with Crippen molar-refractivity contribution in [1.29, 1.82) is 0 Å². The van der Waals surface area contributed by atoms with Crippen molar-refractivity contribution in [2.75, 3.05) is 19.7 Å². The van der Waals surface area contributed by atoms with E-state index in [1.165, 1.54) is 0 Å². The molecule has 7 heteroatoms. The van der Waals surface area contributed by atoms with Gasteiger partial charge in [0.2, 0.25) is 5.91 Å². The predicted octanol–water partition coefficient (Wildman–Crippen LogP) is 0.206. The molecule has 0 rings (SSSR count). The number of alkyl halides is 3. The lowest BCUT2D eigenvalue weighted by Gasteiger charge is -2.08. The van der Waals surface area contributed by atoms with Crippen LogP contribution in [0.3, 0.4) is 0 Å². The quantitative estimate of drug-likeness (QED) is 0.492. The number of carbonyl (C=O) groups is 1. The zero-order valence-corrected chi connectivity index (χ0v) is 7.07. The minimum Gasteiger partial charge on any atom is -0.346 e. The number of nitrogens with one attached hydrogen (secondary N) is 2. The van der Waals surface area contributed by atoms with Crippen LogP contribution in [0, 0.1) is 0 Å². The van der Waals surface area contributed by atoms with E-state index in [-0.39, 0.29) is 6.54 Å². The second-order valence-electron chi connectivity index (χ2n) is 2.15. The fraction of sp³-hybridized carbons (Fsp3) is 0.833. The van der Waals surface area contributed by atoms with E-state index < -0.39 is 18.6 Å². The molecule has 0 bridgehead atoms. The number of hydrogen-bond acceptors (Lipinski definition) is 3. The number of rotatable bonds is 5. The van der Waals surface area contributed by atoms with E-state index in [1.54, 1.807) is 12.2 Å². The minimum absolute atomic E-state index is 0.288. The Morgan fingerprint density at radius 2 is 2.08 bits per heavy atom. The Balaban J connectivity index is 3.41. The molecule has 0 heterocycles. The summed E-state index contributed by atoms with van der Waals surface area (Å²) in [5, 5.41) is 1.68. The number of hydroxylamine groups is 1. The molecule has 0 spiro atoms. The van der Waals surface area contributed by atoms with Gasteiger partial charge in [0.25, 0.3) is 0 Å². The predicted molar refractivity (Wildman–Crippen MR) is 38.7 cm³/mol. The fourth-order valence-electron chi connectivity index (χ4n) is 0.480. The molecule has 0 aliphatic heterocycles. The molecule has 1 amide bonds. The maximum atomic E-state index is 11.5. The van der Waals surface area contributed by atoms with Crippen LogP contribution in [0.1, 0.15) is 6.92 Å². The lowest BCUT2D eigenvalue weighted by molar-refractivity contribution is -0.139. The molecule has 4 nitrogen and oxygen atoms in total. The summed E-state index contributed by atoms with van der Waals surface area (Å²) in [6.45, 7) is 0.413. The van der Waals surface area contributed by atoms with Crippen LogP contribution < -0.4 is 10.8 Å². The van der Waals surface area contributed by atoms with Gasteiger partial charge in [-0.25, -0.2) is 0 Å². The molecule has 0 aromatic carbocycles. The molecule has 0 radical (unpaired) electrons. The third kappa shape index (κ3) is 9.09. The zero-order valence-electron chi connectivity index (χ0n) is 7.07. The summed E-state index contributed by atoms with van der Waals surface area (Å²) in [6, 6.07) is 0. The molecule has 0 aromatic rings. The maximum absolute atomic E-state index is 11.5. The van der Waals surface area contributed by atoms with Gasteiger partial charge in [0.15, 0.2) is 0 Å². The van der Waals surface area contributed by atoms with Crippen LogP contribution >= 0.6 is 0 Å². The average molecular weight is 200 g/mol. The summed E-state index contributed by atoms with van der Waals surface area (Å²) in [5.41, 5.74) is 2.19. The lowest BCUT2D eigenvalue weighted by atomic mass is 10.5. The molecule has 0 saturated heterocycles. The molecular formula is C6H11F3N2O2. The van der Waals surface area contributed by atoms with Gasteiger partial charge >= 0.3 is 6.18 Å². The van der Waals surface area contributed by atoms with Gasteiger partial charge in [0.1, 0.15) is 6.54 Å². The first-order chi connectivity index (χ1) is 5.95. The summed E-state index contributed by atoms with van der Waals surface area (Å²) in [4.78, 5) is 15.2. The highest BCUT2D eigenvalue weighted by Gasteiger charge is 2.27. The van der Waals surface area contributed by atoms with Crippen molar-refractivity contribution in [1.82, 2.24) is 10.8 Å². The molecule has 78 valence electrons. The number of hydrogen-bond donors (Lipinski definition) is 2. The number of halogens is 3. The summed E-state index contributed by atoms with van der Waals surface area (Å²) in [5.74, 6) is -0.759. The Labute approximate surface area is 73.4 Å². The van der Waals surface area contributed by atoms with Gasteiger partial charge in [-0.2, -0.15) is 18.7 Å². The highest BCUT2D eigenvalue weighted by molar-refractivity contribution is 5.77. The third-order valence-electron chi connectivity index (χ3n) is 0.965. The Hall–Kier alpha value is -0.820. The molecule has 0 atom stereocenters. The fourth-order valence-corrected chi connectivity index (χ4v) is 0.480. The molecule has 0 fully saturated rings. The second-order valence-corrected chi connectivity index (χ2v) is 2.15. The van der Waals surface area contributed by atoms with Crippen LogP contribution in [-0.4, -0.2) is 31.8 Å². The van der Waals surface area contributed by atoms with Gasteiger partial charge in [0.05, 0.1) is 13.2 Å². The monoisotopic (exact) mass is 200 g/mol. The van der Waals surface area contributed by atoms with Gasteiger partial charge in [-0.05, 0) is 6.92 Å². The van der Waals surface area contributed by atoms with Crippen molar-refractivity contribution < 1.29 is 22.8 Å². The van der Waals surface area contributed by atoms with E-state index in [2.05, 4.69) is 10.3 Å². The molecule has 0 aliphatic carbocycles. The van der Waals surface area contributed by atoms with Crippen molar-refractivity contribution in [3.63, 3.8) is 0 Å². The normalized spacial score (nSPS) is 11.4. The Kier molecular flexibility index (Phi) is 5.40. The van der Waals surface area contributed by atoms with Crippen molar-refractivity contribution in [2.45, 2.75) is 13.1 Å². The zero-order chi connectivity index (χ0) is 10.3. The number of carbonyl (C=O) groups excluding carboxylic acids is 1. The Bertz CT molecular complexity index is 160. The van der Waals surface area contributed by atoms with Crippen molar-refractivity contribution in [3.05, 3.63) is 0 Å². The smallest absolute Gasteiger partial charge is 0.346 e. The first-order valence-corrected chi connectivity index (χ1v) is 3.64. The molecular weight excluding hydrogens is 189 g/mol. The van der Waals surface area contributed by atoms with Crippen molar-refractivity contribution >= 4 is 5.91 Å². The van der Waals surface area contributed by atoms with E-state index >= 15 is 0 Å². The van der Waals surface area contributed by atoms with Crippen LogP contribution in [-0.2, 0) is 9.63 Å². The molecule has 13 heavy (non-hydrogen) atoms. The highest BCUT2D eigenvalue weighted by Crippen LogP contribution is 2.11. The average Bonchev–Trinajstić information content (AvgIpc) is 2.00. The Morgan fingerprint density at radius 3 is 2.54 bits per heavy atom. The van der Waals surface area contributed by atoms with Crippen LogP contribution in [0.5, 0.6) is 0 Å². The van der Waals surface area contributed by atoms with Crippen LogP contribution in [0.2, 0.25) is 0 Å². The van der Waals surface area contributed by atoms with E-state index in [9.17, 15) is 18.0 Å². The molecule has 0 unspecified atom stereocenters. The van der Waals surface area contributed by atoms with Gasteiger partial charge in [-0.1, -0.05) is 0 Å². The van der Waals surface area contributed by atoms with E-state index in [0.29, 0.717) is 6.61 Å². The summed E-state index contributed by atoms with van der Waals surface area (Å²) in [6.07, 6.45) is -4.37. The van der Waals surface area contributed by atoms with E-state index in [0.717, 1.165) is 0 Å². The highest BCUT2D eigenvalue weighted by atomic mass is 19.4. The lowest BCUT2D eigenvalue weighted by Crippen LogP contribution is -2.39. The van der Waals surface area contributed by atoms with Gasteiger partial charge in [0, 0.05) is 0 Å². The SMILES string of the molecule is CCONCC(=O)NCC(F)(F)F. The summed E-state index contributed by atoms with van der Waals surface area (Å²) in [7, 11) is 0. The first-order valence-electron chi connectivity index (χ1n) is 3.64. The molecule has 0 aliphatic rings. The van der Waals surface area contributed by atoms with Crippen LogP contribution in [0.15, 0.2) is 0 Å². The van der Waals surface area contributed by atoms with Crippen molar-refractivity contribution in [3.8, 4) is 0 Å². The second kappa shape index (κ2) is 5.76. The van der Waals surface area contributed by atoms with Gasteiger partial charge in [-0.3, -0.25) is 4.79 Å². The molecule has 0 saturated carbocycles. The van der Waals surface area contributed by atoms with Crippen LogP contribution in [0.4, 0.5) is 13.2 Å². The van der Waals surface area contributed by atoms with E-state index in [4.69, 9.17) is 0 Å². The standard InChI is InChI=1S/C6H11F3N2O2/c1-2-13-11-3-5(12)10-4-6(7,8)9/h11H,2-4H2,1H3,(H,10,12). The topological polar surface area (TPSA) is 50.4 Å². The van der Waals surface area contributed by atoms with Gasteiger partial charge < -0.3 is 10.2 Å². The third-order valence-corrected chi connectivity index (χ3v) is 0.965. The molecule has 2 N–H and O–H groups in total. The number of amides is 1. The van der Waals surface area contributed by atoms with Crippen molar-refractivity contribution in [2.24, 2.45) is 0 Å². The van der Waals surface area contributed by atoms with E-state index in [1.807, 2.05) is 0 Å². The van der Waals surface area contributed by atoms with Crippen LogP contribution in [0.25, 0.3) is 0 Å². The Morgan fingerprint density at radius 1 is 1.46 bits per heavy atom. The maximum Gasteiger partial charge on any atom is 0.405 e. The largest absolute Gasteiger partial charge is 0.405 e. The first kappa shape index (κ1) is 12.2. The minimum atomic E-state index is -4.37. The summed E-state index contributed by atoms with van der Waals surface area (Å²) >= 11 is 0. The molecule has 0 aromatic heterocycles. The summed E-state index contributed by atoms with van der Waals surface area (Å²) < 4.78 is 34.6. The van der Waals surface area contributed by atoms with Gasteiger partial charge in [-0.15, -0.1) is 0 Å².